The number of pyridine rings is 2. The normalized spacial score (nSPS) is 15.0. The lowest BCUT2D eigenvalue weighted by Crippen LogP contribution is -2.38. The molecule has 10 rings (SSSR count). The van der Waals surface area contributed by atoms with Gasteiger partial charge in [-0.1, -0.05) is 84.9 Å². The van der Waals surface area contributed by atoms with Crippen LogP contribution in [-0.4, -0.2) is 77.7 Å². The van der Waals surface area contributed by atoms with Gasteiger partial charge in [0.25, 0.3) is 11.8 Å². The Hall–Kier alpha value is -6.94. The van der Waals surface area contributed by atoms with Gasteiger partial charge in [0.05, 0.1) is 22.7 Å². The van der Waals surface area contributed by atoms with Crippen LogP contribution in [0.1, 0.15) is 69.9 Å². The molecule has 6 heterocycles. The average molecular weight is 765 g/mol. The Labute approximate surface area is 337 Å². The SMILES string of the molecule is O=C(c1ccc(-c2ccccc2)cc1)N1CCC(c2nc3ccncc3[nH]2)CC1.O=C(c1ccc(-c2ccccc2)cc1)N1CCC(c2nc3ncccc3[nH]2)CC1. The summed E-state index contributed by atoms with van der Waals surface area (Å²) in [5.74, 6) is 2.90. The van der Waals surface area contributed by atoms with E-state index in [4.69, 9.17) is 4.98 Å². The number of imidazole rings is 2. The Morgan fingerprint density at radius 3 is 1.48 bits per heavy atom. The predicted molar refractivity (Wildman–Crippen MR) is 227 cm³/mol. The van der Waals surface area contributed by atoms with Crippen LogP contribution in [-0.2, 0) is 0 Å². The third kappa shape index (κ3) is 7.99. The van der Waals surface area contributed by atoms with Crippen LogP contribution in [0.25, 0.3) is 44.5 Å². The van der Waals surface area contributed by atoms with Crippen LogP contribution in [0.2, 0.25) is 0 Å². The van der Waals surface area contributed by atoms with Gasteiger partial charge >= 0.3 is 0 Å². The quantitative estimate of drug-likeness (QED) is 0.174. The first-order valence-electron chi connectivity index (χ1n) is 20.1. The lowest BCUT2D eigenvalue weighted by molar-refractivity contribution is 0.0704. The number of piperidine rings is 2. The summed E-state index contributed by atoms with van der Waals surface area (Å²) < 4.78 is 0. The fourth-order valence-corrected chi connectivity index (χ4v) is 8.08. The summed E-state index contributed by atoms with van der Waals surface area (Å²) in [6.45, 7) is 2.99. The van der Waals surface area contributed by atoms with Gasteiger partial charge in [-0.2, -0.15) is 0 Å². The minimum Gasteiger partial charge on any atom is -0.340 e. The number of nitrogens with one attached hydrogen (secondary N) is 2. The van der Waals surface area contributed by atoms with Gasteiger partial charge in [0, 0.05) is 61.5 Å². The summed E-state index contributed by atoms with van der Waals surface area (Å²) in [7, 11) is 0. The van der Waals surface area contributed by atoms with Gasteiger partial charge in [-0.3, -0.25) is 14.6 Å². The maximum atomic E-state index is 12.9. The molecule has 4 aromatic carbocycles. The molecular weight excluding hydrogens is 721 g/mol. The second-order valence-electron chi connectivity index (χ2n) is 15.0. The van der Waals surface area contributed by atoms with Crippen molar-refractivity contribution in [1.29, 1.82) is 0 Å². The molecule has 2 N–H and O–H groups in total. The van der Waals surface area contributed by atoms with E-state index in [1.54, 1.807) is 12.4 Å². The van der Waals surface area contributed by atoms with Crippen molar-refractivity contribution in [2.75, 3.05) is 26.2 Å². The van der Waals surface area contributed by atoms with Crippen molar-refractivity contribution >= 4 is 34.0 Å². The summed E-state index contributed by atoms with van der Waals surface area (Å²) in [4.78, 5) is 54.3. The molecule has 0 atom stereocenters. The first kappa shape index (κ1) is 36.7. The number of benzene rings is 4. The number of fused-ring (bicyclic) bond motifs is 2. The zero-order valence-electron chi connectivity index (χ0n) is 32.2. The second kappa shape index (κ2) is 16.7. The molecule has 0 aliphatic carbocycles. The third-order valence-corrected chi connectivity index (χ3v) is 11.4. The molecule has 2 saturated heterocycles. The van der Waals surface area contributed by atoms with Gasteiger partial charge in [0.1, 0.15) is 11.6 Å². The van der Waals surface area contributed by atoms with Crippen LogP contribution >= 0.6 is 0 Å². The van der Waals surface area contributed by atoms with Gasteiger partial charge in [0.15, 0.2) is 5.65 Å². The molecule has 0 bridgehead atoms. The molecule has 0 spiro atoms. The zero-order valence-corrected chi connectivity index (χ0v) is 32.2. The molecule has 288 valence electrons. The standard InChI is InChI=1S/2C24H22N4O/c29-24(20-10-8-18(9-11-20)17-5-2-1-3-6-17)28-15-12-19(13-16-28)22-26-21-7-4-14-25-23(21)27-22;29-24(20-8-6-18(7-9-20)17-4-2-1-3-5-17)28-14-11-19(12-15-28)23-26-21-10-13-25-16-22(21)27-23/h1-11,14,19H,12-13,15-16H2,(H,25,26,27);1-10,13,16,19H,11-12,14-15H2,(H,26,27). The van der Waals surface area contributed by atoms with Crippen LogP contribution in [0.3, 0.4) is 0 Å². The molecule has 10 nitrogen and oxygen atoms in total. The van der Waals surface area contributed by atoms with E-state index in [1.807, 2.05) is 119 Å². The molecule has 0 unspecified atom stereocenters. The van der Waals surface area contributed by atoms with E-state index in [0.717, 1.165) is 119 Å². The van der Waals surface area contributed by atoms with E-state index >= 15 is 0 Å². The maximum Gasteiger partial charge on any atom is 0.253 e. The smallest absolute Gasteiger partial charge is 0.253 e. The van der Waals surface area contributed by atoms with Gasteiger partial charge < -0.3 is 19.8 Å². The number of carbonyl (C=O) groups excluding carboxylic acids is 2. The summed E-state index contributed by atoms with van der Waals surface area (Å²) in [5, 5.41) is 0. The fourth-order valence-electron chi connectivity index (χ4n) is 8.08. The molecule has 0 saturated carbocycles. The number of hydrogen-bond donors (Lipinski definition) is 2. The lowest BCUT2D eigenvalue weighted by atomic mass is 9.95. The van der Waals surface area contributed by atoms with Crippen molar-refractivity contribution in [3.8, 4) is 22.3 Å². The number of aromatic amines is 2. The van der Waals surface area contributed by atoms with Crippen molar-refractivity contribution in [2.24, 2.45) is 0 Å². The Morgan fingerprint density at radius 1 is 0.500 bits per heavy atom. The number of H-pyrrole nitrogens is 2. The molecule has 0 radical (unpaired) electrons. The molecule has 2 amide bonds. The summed E-state index contributed by atoms with van der Waals surface area (Å²) in [6.07, 6.45) is 8.99. The number of rotatable bonds is 6. The highest BCUT2D eigenvalue weighted by Gasteiger charge is 2.28. The van der Waals surface area contributed by atoms with Crippen LogP contribution in [0.15, 0.2) is 146 Å². The Bertz CT molecular complexity index is 2370. The van der Waals surface area contributed by atoms with Crippen molar-refractivity contribution in [3.63, 3.8) is 0 Å². The van der Waals surface area contributed by atoms with E-state index in [9.17, 15) is 9.59 Å². The van der Waals surface area contributed by atoms with Crippen LogP contribution < -0.4 is 0 Å². The lowest BCUT2D eigenvalue weighted by Gasteiger charge is -2.31. The van der Waals surface area contributed by atoms with E-state index in [-0.39, 0.29) is 11.8 Å². The minimum absolute atomic E-state index is 0.106. The van der Waals surface area contributed by atoms with Crippen LogP contribution in [0.5, 0.6) is 0 Å². The molecule has 4 aromatic heterocycles. The number of amides is 2. The first-order valence-corrected chi connectivity index (χ1v) is 20.1. The topological polar surface area (TPSA) is 124 Å². The largest absolute Gasteiger partial charge is 0.340 e. The number of likely N-dealkylation sites (tertiary alicyclic amines) is 2. The number of hydrogen-bond acceptors (Lipinski definition) is 6. The number of carbonyl (C=O) groups is 2. The molecule has 2 fully saturated rings. The van der Waals surface area contributed by atoms with E-state index in [1.165, 1.54) is 0 Å². The van der Waals surface area contributed by atoms with Gasteiger partial charge in [0.2, 0.25) is 0 Å². The molecule has 2 aliphatic rings. The third-order valence-electron chi connectivity index (χ3n) is 11.4. The van der Waals surface area contributed by atoms with E-state index in [0.29, 0.717) is 11.8 Å². The predicted octanol–water partition coefficient (Wildman–Crippen LogP) is 9.29. The molecule has 8 aromatic rings. The van der Waals surface area contributed by atoms with Gasteiger partial charge in [-0.05, 0) is 90.4 Å². The highest BCUT2D eigenvalue weighted by atomic mass is 16.2. The highest BCUT2D eigenvalue weighted by molar-refractivity contribution is 5.95. The molecular formula is C48H44N8O2. The van der Waals surface area contributed by atoms with Crippen molar-refractivity contribution in [2.45, 2.75) is 37.5 Å². The van der Waals surface area contributed by atoms with Gasteiger partial charge in [-0.15, -0.1) is 0 Å². The van der Waals surface area contributed by atoms with Crippen molar-refractivity contribution < 1.29 is 9.59 Å². The molecule has 10 heteroatoms. The van der Waals surface area contributed by atoms with Crippen molar-refractivity contribution in [1.82, 2.24) is 39.7 Å². The summed E-state index contributed by atoms with van der Waals surface area (Å²) in [6, 6.07) is 42.1. The Morgan fingerprint density at radius 2 is 0.983 bits per heavy atom. The summed E-state index contributed by atoms with van der Waals surface area (Å²) in [5.41, 5.74) is 9.72. The van der Waals surface area contributed by atoms with E-state index in [2.05, 4.69) is 49.2 Å². The first-order chi connectivity index (χ1) is 28.6. The summed E-state index contributed by atoms with van der Waals surface area (Å²) >= 11 is 0. The number of nitrogens with zero attached hydrogens (tertiary/aromatic N) is 6. The van der Waals surface area contributed by atoms with Crippen molar-refractivity contribution in [3.05, 3.63) is 169 Å². The van der Waals surface area contributed by atoms with Gasteiger partial charge in [-0.25, -0.2) is 15.0 Å². The molecule has 58 heavy (non-hydrogen) atoms. The molecule has 2 aliphatic heterocycles. The fraction of sp³-hybridized carbons (Fsp3) is 0.208. The van der Waals surface area contributed by atoms with Crippen LogP contribution in [0.4, 0.5) is 0 Å². The Balaban J connectivity index is 0.000000150. The average Bonchev–Trinajstić information content (AvgIpc) is 3.95. The number of aromatic nitrogens is 6. The Kier molecular flexibility index (Phi) is 10.5. The monoisotopic (exact) mass is 764 g/mol. The van der Waals surface area contributed by atoms with E-state index < -0.39 is 0 Å². The zero-order chi connectivity index (χ0) is 39.3. The maximum absolute atomic E-state index is 12.9. The minimum atomic E-state index is 0.106. The highest BCUT2D eigenvalue weighted by Crippen LogP contribution is 2.30. The van der Waals surface area contributed by atoms with Crippen LogP contribution in [0, 0.1) is 0 Å². The second-order valence-corrected chi connectivity index (χ2v) is 15.0.